The molecule has 18 heavy (non-hydrogen) atoms. The minimum absolute atomic E-state index is 0.0474. The third kappa shape index (κ3) is 4.12. The molecule has 1 aliphatic heterocycles. The summed E-state index contributed by atoms with van der Waals surface area (Å²) in [5.41, 5.74) is 4.67. The van der Waals surface area contributed by atoms with Crippen LogP contribution in [0, 0.1) is 0 Å². The summed E-state index contributed by atoms with van der Waals surface area (Å²) in [4.78, 5) is 13.5. The molecule has 6 heteroatoms. The summed E-state index contributed by atoms with van der Waals surface area (Å²) < 4.78 is 10.9. The Bertz CT molecular complexity index is 290. The zero-order chi connectivity index (χ0) is 13.8. The summed E-state index contributed by atoms with van der Waals surface area (Å²) in [6, 6.07) is 0. The lowest BCUT2D eigenvalue weighted by atomic mass is 10.0. The summed E-state index contributed by atoms with van der Waals surface area (Å²) in [7, 11) is 0. The van der Waals surface area contributed by atoms with Gasteiger partial charge in [-0.05, 0) is 27.2 Å². The monoisotopic (exact) mass is 260 g/mol. The van der Waals surface area contributed by atoms with Crippen LogP contribution >= 0.6 is 0 Å². The van der Waals surface area contributed by atoms with Gasteiger partial charge in [-0.1, -0.05) is 0 Å². The number of likely N-dealkylation sites (tertiary alicyclic amines) is 1. The SMILES string of the molecule is CC(C)(C)OC(=O)N1CCC(CN)(OCCO)C1. The van der Waals surface area contributed by atoms with Crippen molar-refractivity contribution in [2.75, 3.05) is 32.8 Å². The first-order chi connectivity index (χ1) is 8.32. The maximum absolute atomic E-state index is 11.9. The molecular weight excluding hydrogens is 236 g/mol. The van der Waals surface area contributed by atoms with Gasteiger partial charge in [-0.25, -0.2) is 4.79 Å². The minimum atomic E-state index is -0.542. The van der Waals surface area contributed by atoms with Crippen molar-refractivity contribution in [3.8, 4) is 0 Å². The molecule has 1 unspecified atom stereocenters. The van der Waals surface area contributed by atoms with E-state index in [0.29, 0.717) is 26.1 Å². The van der Waals surface area contributed by atoms with E-state index < -0.39 is 11.2 Å². The van der Waals surface area contributed by atoms with E-state index in [-0.39, 0.29) is 19.3 Å². The van der Waals surface area contributed by atoms with Crippen LogP contribution in [0.3, 0.4) is 0 Å². The highest BCUT2D eigenvalue weighted by molar-refractivity contribution is 5.68. The Morgan fingerprint density at radius 3 is 2.67 bits per heavy atom. The van der Waals surface area contributed by atoms with Crippen molar-refractivity contribution in [3.63, 3.8) is 0 Å². The maximum Gasteiger partial charge on any atom is 0.410 e. The molecule has 0 aliphatic carbocycles. The molecular formula is C12H24N2O4. The van der Waals surface area contributed by atoms with E-state index in [9.17, 15) is 4.79 Å². The van der Waals surface area contributed by atoms with Crippen LogP contribution in [0.4, 0.5) is 4.79 Å². The Hall–Kier alpha value is -0.850. The molecule has 1 heterocycles. The summed E-state index contributed by atoms with van der Waals surface area (Å²) in [6.45, 7) is 6.99. The fourth-order valence-corrected chi connectivity index (χ4v) is 1.93. The highest BCUT2D eigenvalue weighted by Gasteiger charge is 2.41. The Kier molecular flexibility index (Phi) is 4.95. The molecule has 0 bridgehead atoms. The molecule has 0 aromatic carbocycles. The van der Waals surface area contributed by atoms with E-state index in [4.69, 9.17) is 20.3 Å². The second kappa shape index (κ2) is 5.86. The number of carbonyl (C=O) groups excluding carboxylic acids is 1. The fraction of sp³-hybridized carbons (Fsp3) is 0.917. The molecule has 1 fully saturated rings. The predicted octanol–water partition coefficient (Wildman–Crippen LogP) is 0.334. The number of ether oxygens (including phenoxy) is 2. The second-order valence-electron chi connectivity index (χ2n) is 5.61. The molecule has 3 N–H and O–H groups in total. The van der Waals surface area contributed by atoms with Crippen molar-refractivity contribution in [1.29, 1.82) is 0 Å². The van der Waals surface area contributed by atoms with Crippen molar-refractivity contribution in [1.82, 2.24) is 4.90 Å². The molecule has 0 radical (unpaired) electrons. The van der Waals surface area contributed by atoms with Crippen molar-refractivity contribution < 1.29 is 19.4 Å². The Balaban J connectivity index is 2.55. The Labute approximate surface area is 108 Å². The number of aliphatic hydroxyl groups excluding tert-OH is 1. The van der Waals surface area contributed by atoms with Crippen LogP contribution < -0.4 is 5.73 Å². The molecule has 1 saturated heterocycles. The smallest absolute Gasteiger partial charge is 0.410 e. The number of nitrogens with two attached hydrogens (primary N) is 1. The predicted molar refractivity (Wildman–Crippen MR) is 67.2 cm³/mol. The van der Waals surface area contributed by atoms with E-state index >= 15 is 0 Å². The van der Waals surface area contributed by atoms with Gasteiger partial charge in [0.05, 0.1) is 25.4 Å². The Morgan fingerprint density at radius 1 is 1.50 bits per heavy atom. The first-order valence-electron chi connectivity index (χ1n) is 6.25. The quantitative estimate of drug-likeness (QED) is 0.761. The maximum atomic E-state index is 11.9. The van der Waals surface area contributed by atoms with Crippen molar-refractivity contribution in [2.24, 2.45) is 5.73 Å². The van der Waals surface area contributed by atoms with Crippen LogP contribution in [0.25, 0.3) is 0 Å². The van der Waals surface area contributed by atoms with E-state index in [1.165, 1.54) is 0 Å². The van der Waals surface area contributed by atoms with Crippen LogP contribution in [0.15, 0.2) is 0 Å². The highest BCUT2D eigenvalue weighted by Crippen LogP contribution is 2.25. The fourth-order valence-electron chi connectivity index (χ4n) is 1.93. The van der Waals surface area contributed by atoms with Gasteiger partial charge in [0.25, 0.3) is 0 Å². The second-order valence-corrected chi connectivity index (χ2v) is 5.61. The third-order valence-corrected chi connectivity index (χ3v) is 2.84. The lowest BCUT2D eigenvalue weighted by molar-refractivity contribution is -0.0460. The van der Waals surface area contributed by atoms with Gasteiger partial charge < -0.3 is 25.2 Å². The van der Waals surface area contributed by atoms with Crippen LogP contribution in [-0.2, 0) is 9.47 Å². The number of nitrogens with zero attached hydrogens (tertiary/aromatic N) is 1. The van der Waals surface area contributed by atoms with Gasteiger partial charge in [-0.3, -0.25) is 0 Å². The van der Waals surface area contributed by atoms with Gasteiger partial charge in [0.1, 0.15) is 5.60 Å². The van der Waals surface area contributed by atoms with E-state index in [1.54, 1.807) is 4.90 Å². The summed E-state index contributed by atoms with van der Waals surface area (Å²) in [5.74, 6) is 0. The Morgan fingerprint density at radius 2 is 2.17 bits per heavy atom. The number of carbonyl (C=O) groups is 1. The zero-order valence-corrected chi connectivity index (χ0v) is 11.4. The van der Waals surface area contributed by atoms with Gasteiger partial charge in [-0.2, -0.15) is 0 Å². The van der Waals surface area contributed by atoms with Crippen LogP contribution in [-0.4, -0.2) is 60.1 Å². The zero-order valence-electron chi connectivity index (χ0n) is 11.4. The first-order valence-corrected chi connectivity index (χ1v) is 6.25. The van der Waals surface area contributed by atoms with Crippen molar-refractivity contribution in [2.45, 2.75) is 38.4 Å². The number of aliphatic hydroxyl groups is 1. The molecule has 1 aliphatic rings. The van der Waals surface area contributed by atoms with E-state index in [2.05, 4.69) is 0 Å². The number of hydrogen-bond acceptors (Lipinski definition) is 5. The van der Waals surface area contributed by atoms with Crippen LogP contribution in [0.2, 0.25) is 0 Å². The van der Waals surface area contributed by atoms with E-state index in [1.807, 2.05) is 20.8 Å². The summed E-state index contributed by atoms with van der Waals surface area (Å²) in [6.07, 6.45) is 0.327. The summed E-state index contributed by atoms with van der Waals surface area (Å²) in [5, 5.41) is 8.79. The molecule has 1 atom stereocenters. The molecule has 0 aromatic heterocycles. The molecule has 1 amide bonds. The summed E-state index contributed by atoms with van der Waals surface area (Å²) >= 11 is 0. The van der Waals surface area contributed by atoms with Gasteiger partial charge in [0, 0.05) is 13.1 Å². The normalized spacial score (nSPS) is 24.4. The number of hydrogen-bond donors (Lipinski definition) is 2. The van der Waals surface area contributed by atoms with Crippen molar-refractivity contribution in [3.05, 3.63) is 0 Å². The van der Waals surface area contributed by atoms with Crippen LogP contribution in [0.5, 0.6) is 0 Å². The molecule has 6 nitrogen and oxygen atoms in total. The van der Waals surface area contributed by atoms with Crippen molar-refractivity contribution >= 4 is 6.09 Å². The van der Waals surface area contributed by atoms with Crippen LogP contribution in [0.1, 0.15) is 27.2 Å². The number of rotatable bonds is 4. The van der Waals surface area contributed by atoms with Gasteiger partial charge in [-0.15, -0.1) is 0 Å². The first kappa shape index (κ1) is 15.2. The van der Waals surface area contributed by atoms with Gasteiger partial charge in [0.15, 0.2) is 0 Å². The molecule has 0 aromatic rings. The lowest BCUT2D eigenvalue weighted by Gasteiger charge is -2.29. The largest absolute Gasteiger partial charge is 0.444 e. The lowest BCUT2D eigenvalue weighted by Crippen LogP contribution is -2.45. The average Bonchev–Trinajstić information content (AvgIpc) is 2.69. The topological polar surface area (TPSA) is 85.0 Å². The molecule has 0 spiro atoms. The molecule has 1 rings (SSSR count). The number of amides is 1. The standard InChI is InChI=1S/C12H24N2O4/c1-11(2,3)18-10(16)14-5-4-12(8-13,9-14)17-7-6-15/h15H,4-9,13H2,1-3H3. The minimum Gasteiger partial charge on any atom is -0.444 e. The van der Waals surface area contributed by atoms with Gasteiger partial charge >= 0.3 is 6.09 Å². The highest BCUT2D eigenvalue weighted by atomic mass is 16.6. The molecule has 106 valence electrons. The van der Waals surface area contributed by atoms with Gasteiger partial charge in [0.2, 0.25) is 0 Å². The third-order valence-electron chi connectivity index (χ3n) is 2.84. The van der Waals surface area contributed by atoms with E-state index in [0.717, 1.165) is 0 Å². The average molecular weight is 260 g/mol. The molecule has 0 saturated carbocycles.